The number of furan rings is 1. The predicted molar refractivity (Wildman–Crippen MR) is 105 cm³/mol. The van der Waals surface area contributed by atoms with Crippen molar-refractivity contribution in [2.75, 3.05) is 25.0 Å². The monoisotopic (exact) mass is 369 g/mol. The van der Waals surface area contributed by atoms with Gasteiger partial charge in [0.05, 0.1) is 24.1 Å². The summed E-state index contributed by atoms with van der Waals surface area (Å²) in [6, 6.07) is 9.08. The zero-order valence-corrected chi connectivity index (χ0v) is 16.0. The van der Waals surface area contributed by atoms with E-state index in [-0.39, 0.29) is 18.4 Å². The molecule has 0 spiro atoms. The number of hydrogen-bond acceptors (Lipinski definition) is 4. The number of para-hydroxylation sites is 1. The van der Waals surface area contributed by atoms with Crippen LogP contribution >= 0.6 is 0 Å². The average Bonchev–Trinajstić information content (AvgIpc) is 2.98. The van der Waals surface area contributed by atoms with Gasteiger partial charge in [-0.3, -0.25) is 14.5 Å². The molecule has 0 atom stereocenters. The van der Waals surface area contributed by atoms with Crippen LogP contribution in [0.5, 0.6) is 0 Å². The third-order valence-electron chi connectivity index (χ3n) is 4.59. The van der Waals surface area contributed by atoms with Gasteiger partial charge in [-0.05, 0) is 37.1 Å². The quantitative estimate of drug-likeness (QED) is 0.821. The van der Waals surface area contributed by atoms with E-state index in [0.29, 0.717) is 30.3 Å². The number of fused-ring (bicyclic) bond motifs is 1. The first-order valence-corrected chi connectivity index (χ1v) is 9.47. The van der Waals surface area contributed by atoms with E-state index < -0.39 is 0 Å². The average molecular weight is 369 g/mol. The Morgan fingerprint density at radius 1 is 1.22 bits per heavy atom. The van der Waals surface area contributed by atoms with Crippen LogP contribution in [-0.4, -0.2) is 36.3 Å². The second-order valence-corrected chi connectivity index (χ2v) is 7.38. The van der Waals surface area contributed by atoms with Crippen molar-refractivity contribution < 1.29 is 14.0 Å². The molecule has 0 saturated carbocycles. The molecule has 1 aliphatic rings. The molecule has 2 amide bonds. The van der Waals surface area contributed by atoms with Crippen LogP contribution in [0.15, 0.2) is 41.0 Å². The summed E-state index contributed by atoms with van der Waals surface area (Å²) in [5.74, 6) is 1.10. The Bertz CT molecular complexity index is 797. The van der Waals surface area contributed by atoms with Crippen molar-refractivity contribution in [3.63, 3.8) is 0 Å². The van der Waals surface area contributed by atoms with Crippen molar-refractivity contribution in [3.8, 4) is 0 Å². The maximum atomic E-state index is 12.6. The molecule has 6 nitrogen and oxygen atoms in total. The fraction of sp³-hybridized carbons (Fsp3) is 0.429. The van der Waals surface area contributed by atoms with Crippen molar-refractivity contribution in [1.82, 2.24) is 10.2 Å². The molecule has 1 aromatic carbocycles. The zero-order valence-electron chi connectivity index (χ0n) is 16.0. The van der Waals surface area contributed by atoms with E-state index in [1.807, 2.05) is 26.0 Å². The Labute approximate surface area is 159 Å². The Balaban J connectivity index is 1.62. The molecule has 27 heavy (non-hydrogen) atoms. The van der Waals surface area contributed by atoms with Crippen molar-refractivity contribution >= 4 is 17.5 Å². The molecule has 2 aromatic rings. The van der Waals surface area contributed by atoms with Gasteiger partial charge in [0, 0.05) is 25.1 Å². The first kappa shape index (κ1) is 19.2. The summed E-state index contributed by atoms with van der Waals surface area (Å²) in [6.07, 6.45) is 3.57. The van der Waals surface area contributed by atoms with Gasteiger partial charge in [0.15, 0.2) is 0 Å². The molecule has 144 valence electrons. The van der Waals surface area contributed by atoms with E-state index in [1.165, 1.54) is 0 Å². The smallest absolute Gasteiger partial charge is 0.253 e. The molecular formula is C21H27N3O3. The number of nitrogens with zero attached hydrogens (tertiary/aromatic N) is 1. The summed E-state index contributed by atoms with van der Waals surface area (Å²) in [7, 11) is 0. The van der Waals surface area contributed by atoms with Crippen LogP contribution in [0.3, 0.4) is 0 Å². The number of anilines is 1. The molecular weight excluding hydrogens is 342 g/mol. The van der Waals surface area contributed by atoms with Crippen molar-refractivity contribution in [2.24, 2.45) is 5.92 Å². The molecule has 0 fully saturated rings. The highest BCUT2D eigenvalue weighted by atomic mass is 16.3. The summed E-state index contributed by atoms with van der Waals surface area (Å²) in [4.78, 5) is 27.1. The third-order valence-corrected chi connectivity index (χ3v) is 4.59. The summed E-state index contributed by atoms with van der Waals surface area (Å²) in [5, 5.41) is 5.80. The van der Waals surface area contributed by atoms with E-state index in [4.69, 9.17) is 4.42 Å². The highest BCUT2D eigenvalue weighted by molar-refractivity contribution is 6.04. The zero-order chi connectivity index (χ0) is 19.2. The number of hydrogen-bond donors (Lipinski definition) is 2. The lowest BCUT2D eigenvalue weighted by Crippen LogP contribution is -2.34. The van der Waals surface area contributed by atoms with Crippen molar-refractivity contribution in [3.05, 3.63) is 53.5 Å². The number of amides is 2. The summed E-state index contributed by atoms with van der Waals surface area (Å²) in [6.45, 7) is 6.51. The minimum atomic E-state index is -0.169. The standard InChI is InChI=1S/C21H27N3O3/c1-15(2)12-22-21(26)17-6-3-4-7-18(17)23-20(25)14-24-10-5-8-19-16(13-24)9-11-27-19/h3-4,6-7,9,11,15H,5,8,10,12-14H2,1-2H3,(H,22,26)(H,23,25). The molecule has 1 aromatic heterocycles. The maximum Gasteiger partial charge on any atom is 0.253 e. The fourth-order valence-corrected chi connectivity index (χ4v) is 3.22. The van der Waals surface area contributed by atoms with E-state index >= 15 is 0 Å². The molecule has 0 radical (unpaired) electrons. The minimum Gasteiger partial charge on any atom is -0.469 e. The van der Waals surface area contributed by atoms with E-state index in [9.17, 15) is 9.59 Å². The molecule has 0 saturated heterocycles. The van der Waals surface area contributed by atoms with Crippen LogP contribution in [0.4, 0.5) is 5.69 Å². The van der Waals surface area contributed by atoms with Crippen LogP contribution in [-0.2, 0) is 17.8 Å². The summed E-state index contributed by atoms with van der Waals surface area (Å²) in [5.41, 5.74) is 2.18. The second-order valence-electron chi connectivity index (χ2n) is 7.38. The normalized spacial score (nSPS) is 14.5. The van der Waals surface area contributed by atoms with Crippen LogP contribution in [0, 0.1) is 5.92 Å². The molecule has 0 unspecified atom stereocenters. The lowest BCUT2D eigenvalue weighted by molar-refractivity contribution is -0.117. The number of nitrogens with one attached hydrogen (secondary N) is 2. The molecule has 2 N–H and O–H groups in total. The van der Waals surface area contributed by atoms with Crippen LogP contribution in [0.1, 0.15) is 41.9 Å². The summed E-state index contributed by atoms with van der Waals surface area (Å²) >= 11 is 0. The third kappa shape index (κ3) is 5.20. The van der Waals surface area contributed by atoms with Gasteiger partial charge >= 0.3 is 0 Å². The van der Waals surface area contributed by atoms with Gasteiger partial charge in [-0.15, -0.1) is 0 Å². The van der Waals surface area contributed by atoms with Gasteiger partial charge in [0.25, 0.3) is 5.91 Å². The molecule has 6 heteroatoms. The molecule has 2 heterocycles. The van der Waals surface area contributed by atoms with Gasteiger partial charge < -0.3 is 15.1 Å². The minimum absolute atomic E-state index is 0.119. The highest BCUT2D eigenvalue weighted by Crippen LogP contribution is 2.20. The van der Waals surface area contributed by atoms with Gasteiger partial charge in [-0.25, -0.2) is 0 Å². The Morgan fingerprint density at radius 3 is 2.85 bits per heavy atom. The van der Waals surface area contributed by atoms with Crippen LogP contribution in [0.2, 0.25) is 0 Å². The lowest BCUT2D eigenvalue weighted by Gasteiger charge is -2.20. The highest BCUT2D eigenvalue weighted by Gasteiger charge is 2.20. The molecule has 0 bridgehead atoms. The Hall–Kier alpha value is -2.60. The van der Waals surface area contributed by atoms with Gasteiger partial charge in [0.1, 0.15) is 5.76 Å². The van der Waals surface area contributed by atoms with Gasteiger partial charge in [0.2, 0.25) is 5.91 Å². The topological polar surface area (TPSA) is 74.6 Å². The van der Waals surface area contributed by atoms with Crippen LogP contribution < -0.4 is 10.6 Å². The number of carbonyl (C=O) groups is 2. The van der Waals surface area contributed by atoms with Crippen LogP contribution in [0.25, 0.3) is 0 Å². The fourth-order valence-electron chi connectivity index (χ4n) is 3.22. The van der Waals surface area contributed by atoms with E-state index in [1.54, 1.807) is 24.5 Å². The SMILES string of the molecule is CC(C)CNC(=O)c1ccccc1NC(=O)CN1CCCc2occc2C1. The van der Waals surface area contributed by atoms with Crippen molar-refractivity contribution in [1.29, 1.82) is 0 Å². The Kier molecular flexibility index (Phi) is 6.29. The number of rotatable bonds is 6. The number of carbonyl (C=O) groups excluding carboxylic acids is 2. The first-order valence-electron chi connectivity index (χ1n) is 9.47. The number of aryl methyl sites for hydroxylation is 1. The second kappa shape index (κ2) is 8.86. The van der Waals surface area contributed by atoms with Gasteiger partial charge in [-0.2, -0.15) is 0 Å². The Morgan fingerprint density at radius 2 is 2.04 bits per heavy atom. The maximum absolute atomic E-state index is 12.6. The number of benzene rings is 1. The van der Waals surface area contributed by atoms with Crippen molar-refractivity contribution in [2.45, 2.75) is 33.2 Å². The first-order chi connectivity index (χ1) is 13.0. The summed E-state index contributed by atoms with van der Waals surface area (Å²) < 4.78 is 5.50. The molecule has 1 aliphatic heterocycles. The predicted octanol–water partition coefficient (Wildman–Crippen LogP) is 3.05. The molecule has 0 aliphatic carbocycles. The molecule has 3 rings (SSSR count). The van der Waals surface area contributed by atoms with E-state index in [0.717, 1.165) is 30.7 Å². The van der Waals surface area contributed by atoms with E-state index in [2.05, 4.69) is 15.5 Å². The van der Waals surface area contributed by atoms with Gasteiger partial charge in [-0.1, -0.05) is 26.0 Å². The largest absolute Gasteiger partial charge is 0.469 e. The lowest BCUT2D eigenvalue weighted by atomic mass is 10.1.